The summed E-state index contributed by atoms with van der Waals surface area (Å²) in [6.07, 6.45) is 1.53. The van der Waals surface area contributed by atoms with Gasteiger partial charge in [0.15, 0.2) is 5.82 Å². The molecule has 0 aliphatic rings. The van der Waals surface area contributed by atoms with E-state index in [1.807, 2.05) is 11.4 Å². The second-order valence-corrected chi connectivity index (χ2v) is 3.90. The van der Waals surface area contributed by atoms with Crippen LogP contribution in [0, 0.1) is 0 Å². The molecule has 0 fully saturated rings. The molecule has 3 nitrogen and oxygen atoms in total. The van der Waals surface area contributed by atoms with Gasteiger partial charge >= 0.3 is 0 Å². The minimum Gasteiger partial charge on any atom is -0.363 e. The Kier molecular flexibility index (Phi) is 2.52. The van der Waals surface area contributed by atoms with Crippen molar-refractivity contribution in [1.82, 2.24) is 5.16 Å². The maximum Gasteiger partial charge on any atom is 0.169 e. The molecule has 2 aromatic heterocycles. The number of hydrogen-bond acceptors (Lipinski definition) is 4. The minimum absolute atomic E-state index is 0.726. The lowest BCUT2D eigenvalue weighted by Gasteiger charge is -1.97. The number of anilines is 1. The molecule has 0 saturated carbocycles. The molecule has 13 heavy (non-hydrogen) atoms. The van der Waals surface area contributed by atoms with Gasteiger partial charge in [0.25, 0.3) is 0 Å². The Morgan fingerprint density at radius 1 is 1.62 bits per heavy atom. The molecule has 0 aromatic carbocycles. The predicted molar refractivity (Wildman–Crippen MR) is 53.2 cm³/mol. The van der Waals surface area contributed by atoms with E-state index >= 15 is 0 Å². The first kappa shape index (κ1) is 8.59. The van der Waals surface area contributed by atoms with E-state index in [9.17, 15) is 0 Å². The second kappa shape index (κ2) is 3.81. The maximum atomic E-state index is 5.77. The van der Waals surface area contributed by atoms with Crippen LogP contribution in [0.4, 0.5) is 5.82 Å². The number of nitrogens with zero attached hydrogens (tertiary/aromatic N) is 1. The van der Waals surface area contributed by atoms with Gasteiger partial charge in [-0.2, -0.15) is 0 Å². The molecule has 2 rings (SSSR count). The van der Waals surface area contributed by atoms with E-state index in [-0.39, 0.29) is 0 Å². The molecule has 2 heterocycles. The van der Waals surface area contributed by atoms with Crippen LogP contribution < -0.4 is 5.32 Å². The number of thiophene rings is 1. The maximum absolute atomic E-state index is 5.77. The highest BCUT2D eigenvalue weighted by Crippen LogP contribution is 2.19. The largest absolute Gasteiger partial charge is 0.363 e. The topological polar surface area (TPSA) is 38.1 Å². The predicted octanol–water partition coefficient (Wildman–Crippen LogP) is 3.00. The van der Waals surface area contributed by atoms with E-state index in [0.29, 0.717) is 0 Å². The monoisotopic (exact) mass is 214 g/mol. The van der Waals surface area contributed by atoms with Crippen LogP contribution >= 0.6 is 22.9 Å². The van der Waals surface area contributed by atoms with E-state index in [1.54, 1.807) is 17.4 Å². The van der Waals surface area contributed by atoms with Gasteiger partial charge in [0.2, 0.25) is 0 Å². The highest BCUT2D eigenvalue weighted by molar-refractivity contribution is 7.10. The van der Waals surface area contributed by atoms with Gasteiger partial charge in [-0.15, -0.1) is 11.3 Å². The Morgan fingerprint density at radius 2 is 2.54 bits per heavy atom. The normalized spacial score (nSPS) is 10.2. The van der Waals surface area contributed by atoms with E-state index in [2.05, 4.69) is 15.0 Å². The second-order valence-electron chi connectivity index (χ2n) is 2.47. The zero-order chi connectivity index (χ0) is 9.10. The molecule has 0 aliphatic heterocycles. The van der Waals surface area contributed by atoms with E-state index in [0.717, 1.165) is 17.4 Å². The quantitative estimate of drug-likeness (QED) is 0.854. The first-order chi connectivity index (χ1) is 6.34. The molecule has 5 heteroatoms. The number of halogens is 1. The lowest BCUT2D eigenvalue weighted by atomic mass is 10.4. The summed E-state index contributed by atoms with van der Waals surface area (Å²) in [4.78, 5) is 1.17. The summed E-state index contributed by atoms with van der Waals surface area (Å²) < 4.78 is 4.67. The third-order valence-electron chi connectivity index (χ3n) is 1.50. The molecular weight excluding hydrogens is 208 g/mol. The van der Waals surface area contributed by atoms with Crippen molar-refractivity contribution in [2.75, 3.05) is 5.32 Å². The van der Waals surface area contributed by atoms with Gasteiger partial charge in [0, 0.05) is 16.3 Å². The lowest BCUT2D eigenvalue weighted by Crippen LogP contribution is -1.96. The van der Waals surface area contributed by atoms with E-state index < -0.39 is 0 Å². The number of hydrogen-bond donors (Lipinski definition) is 1. The van der Waals surface area contributed by atoms with Crippen molar-refractivity contribution in [3.05, 3.63) is 33.7 Å². The number of rotatable bonds is 3. The van der Waals surface area contributed by atoms with E-state index in [1.165, 1.54) is 11.1 Å². The van der Waals surface area contributed by atoms with Gasteiger partial charge in [-0.1, -0.05) is 16.8 Å². The third kappa shape index (κ3) is 2.23. The Hall–Kier alpha value is -1.00. The molecular formula is C8H7ClN2OS. The summed E-state index contributed by atoms with van der Waals surface area (Å²) in [5.41, 5.74) is 0. The number of aromatic nitrogens is 1. The fourth-order valence-electron chi connectivity index (χ4n) is 0.928. The lowest BCUT2D eigenvalue weighted by molar-refractivity contribution is 0.422. The molecule has 0 atom stereocenters. The van der Waals surface area contributed by atoms with Crippen LogP contribution in [0.25, 0.3) is 0 Å². The van der Waals surface area contributed by atoms with Gasteiger partial charge in [0.1, 0.15) is 6.26 Å². The standard InChI is InChI=1S/C8H7ClN2OS/c9-6-3-7(13-5-6)4-10-8-1-2-12-11-8/h1-3,5H,4H2,(H,10,11). The van der Waals surface area contributed by atoms with Crippen LogP contribution in [-0.2, 0) is 6.54 Å². The summed E-state index contributed by atoms with van der Waals surface area (Å²) in [7, 11) is 0. The average Bonchev–Trinajstić information content (AvgIpc) is 2.71. The zero-order valence-electron chi connectivity index (χ0n) is 6.66. The molecule has 2 aromatic rings. The Balaban J connectivity index is 1.93. The first-order valence-corrected chi connectivity index (χ1v) is 4.97. The first-order valence-electron chi connectivity index (χ1n) is 3.72. The molecule has 0 bridgehead atoms. The molecule has 1 N–H and O–H groups in total. The highest BCUT2D eigenvalue weighted by atomic mass is 35.5. The van der Waals surface area contributed by atoms with E-state index in [4.69, 9.17) is 11.6 Å². The van der Waals surface area contributed by atoms with Gasteiger partial charge < -0.3 is 9.84 Å². The summed E-state index contributed by atoms with van der Waals surface area (Å²) in [5, 5.41) is 9.51. The zero-order valence-corrected chi connectivity index (χ0v) is 8.23. The van der Waals surface area contributed by atoms with Crippen molar-refractivity contribution < 1.29 is 4.52 Å². The molecule has 0 unspecified atom stereocenters. The van der Waals surface area contributed by atoms with Crippen molar-refractivity contribution >= 4 is 28.8 Å². The fraction of sp³-hybridized carbons (Fsp3) is 0.125. The average molecular weight is 215 g/mol. The van der Waals surface area contributed by atoms with Crippen molar-refractivity contribution in [3.8, 4) is 0 Å². The molecule has 0 saturated heterocycles. The van der Waals surface area contributed by atoms with Crippen LogP contribution in [0.5, 0.6) is 0 Å². The molecule has 0 aliphatic carbocycles. The van der Waals surface area contributed by atoms with Crippen LogP contribution in [0.2, 0.25) is 5.02 Å². The van der Waals surface area contributed by atoms with Gasteiger partial charge in [-0.3, -0.25) is 0 Å². The van der Waals surface area contributed by atoms with Crippen LogP contribution in [0.1, 0.15) is 4.88 Å². The summed E-state index contributed by atoms with van der Waals surface area (Å²) >= 11 is 7.39. The van der Waals surface area contributed by atoms with Crippen LogP contribution in [0.3, 0.4) is 0 Å². The summed E-state index contributed by atoms with van der Waals surface area (Å²) in [5.74, 6) is 0.740. The molecule has 68 valence electrons. The Morgan fingerprint density at radius 3 is 3.15 bits per heavy atom. The van der Waals surface area contributed by atoms with Crippen LogP contribution in [0.15, 0.2) is 28.3 Å². The smallest absolute Gasteiger partial charge is 0.169 e. The summed E-state index contributed by atoms with van der Waals surface area (Å²) in [6, 6.07) is 3.70. The van der Waals surface area contributed by atoms with Crippen molar-refractivity contribution in [2.45, 2.75) is 6.54 Å². The Labute approximate surface area is 84.3 Å². The van der Waals surface area contributed by atoms with Gasteiger partial charge in [-0.25, -0.2) is 0 Å². The van der Waals surface area contributed by atoms with Crippen LogP contribution in [-0.4, -0.2) is 5.16 Å². The highest BCUT2D eigenvalue weighted by Gasteiger charge is 1.98. The summed E-state index contributed by atoms with van der Waals surface area (Å²) in [6.45, 7) is 0.726. The number of nitrogens with one attached hydrogen (secondary N) is 1. The molecule has 0 spiro atoms. The van der Waals surface area contributed by atoms with Gasteiger partial charge in [-0.05, 0) is 6.07 Å². The van der Waals surface area contributed by atoms with Crippen molar-refractivity contribution in [2.24, 2.45) is 0 Å². The van der Waals surface area contributed by atoms with Crippen molar-refractivity contribution in [1.29, 1.82) is 0 Å². The van der Waals surface area contributed by atoms with Gasteiger partial charge in [0.05, 0.1) is 11.6 Å². The Bertz CT molecular complexity index is 371. The molecule has 0 amide bonds. The fourth-order valence-corrected chi connectivity index (χ4v) is 1.94. The third-order valence-corrected chi connectivity index (χ3v) is 2.79. The molecule has 0 radical (unpaired) electrons. The SMILES string of the molecule is Clc1csc(CNc2ccon2)c1. The van der Waals surface area contributed by atoms with Crippen molar-refractivity contribution in [3.63, 3.8) is 0 Å². The minimum atomic E-state index is 0.726.